The van der Waals surface area contributed by atoms with Crippen molar-refractivity contribution in [1.29, 1.82) is 0 Å². The Bertz CT molecular complexity index is 975. The van der Waals surface area contributed by atoms with E-state index in [4.69, 9.17) is 9.84 Å². The van der Waals surface area contributed by atoms with E-state index < -0.39 is 5.54 Å². The highest BCUT2D eigenvalue weighted by atomic mass is 127. The summed E-state index contributed by atoms with van der Waals surface area (Å²) in [5.74, 6) is -0.933. The first-order chi connectivity index (χ1) is 13.4. The van der Waals surface area contributed by atoms with Crippen LogP contribution in [0.2, 0.25) is 0 Å². The van der Waals surface area contributed by atoms with Crippen LogP contribution in [0.5, 0.6) is 0 Å². The summed E-state index contributed by atoms with van der Waals surface area (Å²) in [7, 11) is 0. The molecule has 1 aromatic carbocycles. The highest BCUT2D eigenvalue weighted by Crippen LogP contribution is 2.49. The number of pyridine rings is 1. The Morgan fingerprint density at radius 1 is 1.32 bits per heavy atom. The number of amides is 1. The summed E-state index contributed by atoms with van der Waals surface area (Å²) in [6.45, 7) is -0.377. The van der Waals surface area contributed by atoms with Crippen LogP contribution in [0.3, 0.4) is 0 Å². The van der Waals surface area contributed by atoms with E-state index in [-0.39, 0.29) is 49.4 Å². The summed E-state index contributed by atoms with van der Waals surface area (Å²) in [6.07, 6.45) is 1.72. The molecule has 1 aromatic heterocycles. The second-order valence-electron chi connectivity index (χ2n) is 7.04. The molecule has 146 valence electrons. The van der Waals surface area contributed by atoms with Gasteiger partial charge in [-0.1, -0.05) is 6.07 Å². The second kappa shape index (κ2) is 7.49. The van der Waals surface area contributed by atoms with Crippen molar-refractivity contribution in [2.24, 2.45) is 0 Å². The number of rotatable bonds is 7. The normalized spacial score (nSPS) is 16.2. The fourth-order valence-electron chi connectivity index (χ4n) is 3.47. The predicted molar refractivity (Wildman–Crippen MR) is 107 cm³/mol. The lowest BCUT2D eigenvalue weighted by atomic mass is 9.97. The van der Waals surface area contributed by atoms with Gasteiger partial charge in [0, 0.05) is 9.99 Å². The summed E-state index contributed by atoms with van der Waals surface area (Å²) < 4.78 is 20.3. The molecule has 0 bridgehead atoms. The van der Waals surface area contributed by atoms with E-state index >= 15 is 0 Å². The first-order valence-electron chi connectivity index (χ1n) is 8.96. The molecule has 1 spiro atoms. The molecule has 1 saturated carbocycles. The van der Waals surface area contributed by atoms with Gasteiger partial charge in [-0.2, -0.15) is 0 Å². The van der Waals surface area contributed by atoms with Crippen LogP contribution in [-0.2, 0) is 16.7 Å². The summed E-state index contributed by atoms with van der Waals surface area (Å²) in [5, 5.41) is 11.8. The smallest absolute Gasteiger partial charge is 0.253 e. The van der Waals surface area contributed by atoms with Crippen LogP contribution < -0.4 is 5.32 Å². The quantitative estimate of drug-likeness (QED) is 0.349. The van der Waals surface area contributed by atoms with Crippen LogP contribution in [-0.4, -0.2) is 41.6 Å². The number of nitrogens with one attached hydrogen (secondary N) is 1. The van der Waals surface area contributed by atoms with Crippen molar-refractivity contribution in [3.63, 3.8) is 0 Å². The zero-order valence-electron chi connectivity index (χ0n) is 14.9. The van der Waals surface area contributed by atoms with Gasteiger partial charge in [-0.25, -0.2) is 9.37 Å². The minimum absolute atomic E-state index is 0.0434. The van der Waals surface area contributed by atoms with Crippen LogP contribution >= 0.6 is 22.6 Å². The lowest BCUT2D eigenvalue weighted by molar-refractivity contribution is 0.0658. The number of aliphatic hydroxyl groups is 1. The van der Waals surface area contributed by atoms with E-state index in [1.807, 2.05) is 22.6 Å². The number of ether oxygens (including phenoxy) is 1. The second-order valence-corrected chi connectivity index (χ2v) is 8.29. The Morgan fingerprint density at radius 2 is 2.11 bits per heavy atom. The molecule has 0 saturated heterocycles. The first kappa shape index (κ1) is 19.4. The molecular formula is C20H18FIN2O4. The van der Waals surface area contributed by atoms with Gasteiger partial charge in [0.2, 0.25) is 5.78 Å². The van der Waals surface area contributed by atoms with Crippen LogP contribution in [0.15, 0.2) is 24.3 Å². The van der Waals surface area contributed by atoms with Crippen LogP contribution in [0.4, 0.5) is 4.39 Å². The average molecular weight is 496 g/mol. The van der Waals surface area contributed by atoms with Crippen molar-refractivity contribution in [3.05, 3.63) is 61.7 Å². The Hall–Kier alpha value is -1.91. The molecule has 1 aliphatic carbocycles. The first-order valence-corrected chi connectivity index (χ1v) is 10.0. The fourth-order valence-corrected chi connectivity index (χ4v) is 3.92. The zero-order chi connectivity index (χ0) is 19.9. The number of carbonyl (C=O) groups is 2. The molecule has 8 heteroatoms. The van der Waals surface area contributed by atoms with Crippen LogP contribution in [0, 0.1) is 9.39 Å². The highest BCUT2D eigenvalue weighted by Gasteiger charge is 2.54. The van der Waals surface area contributed by atoms with Crippen LogP contribution in [0.1, 0.15) is 50.5 Å². The highest BCUT2D eigenvalue weighted by molar-refractivity contribution is 14.1. The number of aliphatic hydroxyl groups excluding tert-OH is 1. The van der Waals surface area contributed by atoms with Gasteiger partial charge in [-0.3, -0.25) is 9.59 Å². The molecule has 2 heterocycles. The minimum Gasteiger partial charge on any atom is -0.394 e. The standard InChI is InChI=1S/C20H18FIN2O4/c21-15-9-13(22)2-1-11(15)7-12-8-14-18(20(3-4-20)24-19(14)27)23-17(12)16(26)10-28-6-5-25/h1-2,8-9,25H,3-7,10H2,(H,24,27). The minimum atomic E-state index is -0.458. The van der Waals surface area contributed by atoms with Gasteiger partial charge in [-0.15, -0.1) is 0 Å². The maximum atomic E-state index is 14.4. The number of fused-ring (bicyclic) bond motifs is 2. The number of nitrogens with zero attached hydrogens (tertiary/aromatic N) is 1. The van der Waals surface area contributed by atoms with E-state index in [0.29, 0.717) is 22.4 Å². The van der Waals surface area contributed by atoms with Gasteiger partial charge in [0.15, 0.2) is 0 Å². The number of benzene rings is 1. The van der Waals surface area contributed by atoms with Crippen molar-refractivity contribution in [1.82, 2.24) is 10.3 Å². The molecule has 0 atom stereocenters. The molecule has 1 aliphatic heterocycles. The predicted octanol–water partition coefficient (Wildman–Crippen LogP) is 2.34. The van der Waals surface area contributed by atoms with Crippen molar-refractivity contribution in [3.8, 4) is 0 Å². The Labute approximate surface area is 174 Å². The molecule has 6 nitrogen and oxygen atoms in total. The number of hydrogen-bond donors (Lipinski definition) is 2. The number of halogens is 2. The lowest BCUT2D eigenvalue weighted by Crippen LogP contribution is -2.25. The van der Waals surface area contributed by atoms with Gasteiger partial charge >= 0.3 is 0 Å². The van der Waals surface area contributed by atoms with Crippen molar-refractivity contribution >= 4 is 34.3 Å². The molecule has 0 unspecified atom stereocenters. The van der Waals surface area contributed by atoms with E-state index in [0.717, 1.165) is 16.4 Å². The SMILES string of the molecule is O=C1NC2(CC2)c2nc(C(=O)COCCO)c(Cc3ccc(I)cc3F)cc21. The lowest BCUT2D eigenvalue weighted by Gasteiger charge is -2.13. The molecule has 4 rings (SSSR count). The summed E-state index contributed by atoms with van der Waals surface area (Å²) in [4.78, 5) is 29.6. The summed E-state index contributed by atoms with van der Waals surface area (Å²) in [5.41, 5.74) is 1.69. The molecule has 1 fully saturated rings. The number of hydrogen-bond acceptors (Lipinski definition) is 5. The monoisotopic (exact) mass is 496 g/mol. The van der Waals surface area contributed by atoms with E-state index in [2.05, 4.69) is 10.3 Å². The van der Waals surface area contributed by atoms with Crippen LogP contribution in [0.25, 0.3) is 0 Å². The molecular weight excluding hydrogens is 478 g/mol. The van der Waals surface area contributed by atoms with E-state index in [9.17, 15) is 14.0 Å². The largest absolute Gasteiger partial charge is 0.394 e. The number of ketones is 1. The van der Waals surface area contributed by atoms with Crippen molar-refractivity contribution in [2.45, 2.75) is 24.8 Å². The molecule has 2 N–H and O–H groups in total. The van der Waals surface area contributed by atoms with Gasteiger partial charge in [-0.05, 0) is 64.8 Å². The number of carbonyl (C=O) groups excluding carboxylic acids is 2. The third kappa shape index (κ3) is 3.56. The van der Waals surface area contributed by atoms with Gasteiger partial charge in [0.25, 0.3) is 5.91 Å². The fraction of sp³-hybridized carbons (Fsp3) is 0.350. The van der Waals surface area contributed by atoms with E-state index in [1.54, 1.807) is 18.2 Å². The molecule has 1 amide bonds. The Kier molecular flexibility index (Phi) is 5.19. The Balaban J connectivity index is 1.74. The van der Waals surface area contributed by atoms with Gasteiger partial charge in [0.05, 0.1) is 30.0 Å². The summed E-state index contributed by atoms with van der Waals surface area (Å²) in [6, 6.07) is 6.54. The zero-order valence-corrected chi connectivity index (χ0v) is 17.1. The number of Topliss-reactive ketones (excluding diaryl/α,β-unsaturated/α-hetero) is 1. The molecule has 2 aromatic rings. The molecule has 0 radical (unpaired) electrons. The molecule has 28 heavy (non-hydrogen) atoms. The van der Waals surface area contributed by atoms with Gasteiger partial charge < -0.3 is 15.2 Å². The van der Waals surface area contributed by atoms with Crippen molar-refractivity contribution < 1.29 is 23.8 Å². The third-order valence-corrected chi connectivity index (χ3v) is 5.70. The topological polar surface area (TPSA) is 88.5 Å². The molecule has 2 aliphatic rings. The van der Waals surface area contributed by atoms with Crippen molar-refractivity contribution in [2.75, 3.05) is 19.8 Å². The maximum absolute atomic E-state index is 14.4. The summed E-state index contributed by atoms with van der Waals surface area (Å²) >= 11 is 2.03. The number of aromatic nitrogens is 1. The van der Waals surface area contributed by atoms with E-state index in [1.165, 1.54) is 6.07 Å². The maximum Gasteiger partial charge on any atom is 0.253 e. The average Bonchev–Trinajstić information content (AvgIpc) is 3.38. The Morgan fingerprint density at radius 3 is 2.79 bits per heavy atom. The van der Waals surface area contributed by atoms with Gasteiger partial charge in [0.1, 0.15) is 18.1 Å². The third-order valence-electron chi connectivity index (χ3n) is 5.03.